The van der Waals surface area contributed by atoms with Gasteiger partial charge in [-0.15, -0.1) is 0 Å². The Hall–Kier alpha value is -0.910. The molecule has 6 heteroatoms. The van der Waals surface area contributed by atoms with Gasteiger partial charge in [0.25, 0.3) is 12.0 Å². The normalized spacial score (nSPS) is 10.6. The first-order valence-electron chi connectivity index (χ1n) is 3.74. The standard InChI is InChI=1S/C8H8BrF2NO2/c1-14-5-2-6(13)12-7(8(10)11)4(5)3-9/h2,8H,3H2,1H3,(H,12,13). The summed E-state index contributed by atoms with van der Waals surface area (Å²) in [6.07, 6.45) is -2.72. The van der Waals surface area contributed by atoms with Crippen LogP contribution in [0.3, 0.4) is 0 Å². The fraction of sp³-hybridized carbons (Fsp3) is 0.375. The van der Waals surface area contributed by atoms with E-state index in [4.69, 9.17) is 4.74 Å². The molecule has 0 unspecified atom stereocenters. The van der Waals surface area contributed by atoms with Crippen LogP contribution in [0.1, 0.15) is 17.7 Å². The molecule has 78 valence electrons. The van der Waals surface area contributed by atoms with E-state index in [9.17, 15) is 13.6 Å². The average molecular weight is 268 g/mol. The molecule has 1 heterocycles. The molecular weight excluding hydrogens is 260 g/mol. The quantitative estimate of drug-likeness (QED) is 0.854. The van der Waals surface area contributed by atoms with Crippen LogP contribution in [0.4, 0.5) is 8.78 Å². The topological polar surface area (TPSA) is 42.1 Å². The van der Waals surface area contributed by atoms with Gasteiger partial charge in [-0.05, 0) is 0 Å². The van der Waals surface area contributed by atoms with E-state index in [2.05, 4.69) is 20.9 Å². The number of hydrogen-bond donors (Lipinski definition) is 1. The van der Waals surface area contributed by atoms with E-state index < -0.39 is 17.7 Å². The van der Waals surface area contributed by atoms with Crippen molar-refractivity contribution in [1.29, 1.82) is 0 Å². The summed E-state index contributed by atoms with van der Waals surface area (Å²) >= 11 is 3.06. The van der Waals surface area contributed by atoms with Crippen molar-refractivity contribution in [2.24, 2.45) is 0 Å². The number of halogens is 3. The Balaban J connectivity index is 3.39. The molecule has 0 radical (unpaired) electrons. The van der Waals surface area contributed by atoms with Crippen LogP contribution in [0, 0.1) is 0 Å². The van der Waals surface area contributed by atoms with E-state index in [-0.39, 0.29) is 16.6 Å². The minimum absolute atomic E-state index is 0.168. The van der Waals surface area contributed by atoms with Gasteiger partial charge in [0.15, 0.2) is 0 Å². The van der Waals surface area contributed by atoms with Gasteiger partial charge in [-0.1, -0.05) is 15.9 Å². The maximum absolute atomic E-state index is 12.5. The molecule has 0 aliphatic carbocycles. The summed E-state index contributed by atoms with van der Waals surface area (Å²) in [7, 11) is 1.33. The molecule has 1 aromatic rings. The predicted molar refractivity (Wildman–Crippen MR) is 51.2 cm³/mol. The molecule has 0 aliphatic heterocycles. The molecule has 1 rings (SSSR count). The zero-order chi connectivity index (χ0) is 10.7. The van der Waals surface area contributed by atoms with E-state index in [0.29, 0.717) is 0 Å². The first-order chi connectivity index (χ1) is 6.60. The van der Waals surface area contributed by atoms with Crippen molar-refractivity contribution in [3.05, 3.63) is 27.7 Å². The molecule has 1 N–H and O–H groups in total. The molecule has 0 aromatic carbocycles. The molecular formula is C8H8BrF2NO2. The lowest BCUT2D eigenvalue weighted by Crippen LogP contribution is -2.12. The highest BCUT2D eigenvalue weighted by Crippen LogP contribution is 2.28. The maximum atomic E-state index is 12.5. The summed E-state index contributed by atoms with van der Waals surface area (Å²) in [5.74, 6) is 0.168. The highest BCUT2D eigenvalue weighted by Gasteiger charge is 2.17. The molecule has 0 aliphatic rings. The highest BCUT2D eigenvalue weighted by atomic mass is 79.9. The van der Waals surface area contributed by atoms with Gasteiger partial charge < -0.3 is 9.72 Å². The third kappa shape index (κ3) is 2.12. The average Bonchev–Trinajstić information content (AvgIpc) is 2.16. The fourth-order valence-corrected chi connectivity index (χ4v) is 1.67. The number of methoxy groups -OCH3 is 1. The van der Waals surface area contributed by atoms with Gasteiger partial charge in [0.2, 0.25) is 0 Å². The van der Waals surface area contributed by atoms with Crippen molar-refractivity contribution >= 4 is 15.9 Å². The van der Waals surface area contributed by atoms with Crippen molar-refractivity contribution in [2.45, 2.75) is 11.8 Å². The van der Waals surface area contributed by atoms with Gasteiger partial charge in [-0.25, -0.2) is 8.78 Å². The summed E-state index contributed by atoms with van der Waals surface area (Å²) in [4.78, 5) is 13.0. The Morgan fingerprint density at radius 1 is 1.64 bits per heavy atom. The number of aromatic amines is 1. The second kappa shape index (κ2) is 4.54. The van der Waals surface area contributed by atoms with Crippen LogP contribution in [0.25, 0.3) is 0 Å². The summed E-state index contributed by atoms with van der Waals surface area (Å²) in [5, 5.41) is 0.201. The first-order valence-corrected chi connectivity index (χ1v) is 4.86. The summed E-state index contributed by atoms with van der Waals surface area (Å²) in [6.45, 7) is 0. The number of H-pyrrole nitrogens is 1. The van der Waals surface area contributed by atoms with Gasteiger partial charge in [-0.3, -0.25) is 4.79 Å². The van der Waals surface area contributed by atoms with Crippen molar-refractivity contribution in [3.63, 3.8) is 0 Å². The molecule has 0 bridgehead atoms. The zero-order valence-corrected chi connectivity index (χ0v) is 8.90. The number of ether oxygens (including phenoxy) is 1. The number of hydrogen-bond acceptors (Lipinski definition) is 2. The van der Waals surface area contributed by atoms with Crippen LogP contribution in [-0.2, 0) is 5.33 Å². The Kier molecular flexibility index (Phi) is 3.62. The largest absolute Gasteiger partial charge is 0.496 e. The van der Waals surface area contributed by atoms with Gasteiger partial charge in [-0.2, -0.15) is 0 Å². The van der Waals surface area contributed by atoms with E-state index in [1.807, 2.05) is 0 Å². The molecule has 0 saturated carbocycles. The summed E-state index contributed by atoms with van der Waals surface area (Å²) in [5.41, 5.74) is -0.727. The summed E-state index contributed by atoms with van der Waals surface area (Å²) < 4.78 is 29.8. The predicted octanol–water partition coefficient (Wildman–Crippen LogP) is 2.22. The second-order valence-corrected chi connectivity index (χ2v) is 3.09. The number of alkyl halides is 3. The van der Waals surface area contributed by atoms with E-state index in [0.717, 1.165) is 6.07 Å². The monoisotopic (exact) mass is 267 g/mol. The smallest absolute Gasteiger partial charge is 0.278 e. The minimum atomic E-state index is -2.72. The molecule has 0 atom stereocenters. The lowest BCUT2D eigenvalue weighted by molar-refractivity contribution is 0.144. The van der Waals surface area contributed by atoms with Gasteiger partial charge in [0.05, 0.1) is 12.8 Å². The Morgan fingerprint density at radius 2 is 2.29 bits per heavy atom. The van der Waals surface area contributed by atoms with Crippen molar-refractivity contribution in [1.82, 2.24) is 4.98 Å². The third-order valence-electron chi connectivity index (χ3n) is 1.71. The first kappa shape index (κ1) is 11.2. The SMILES string of the molecule is COc1cc(=O)[nH]c(C(F)F)c1CBr. The van der Waals surface area contributed by atoms with Crippen molar-refractivity contribution in [2.75, 3.05) is 7.11 Å². The van der Waals surface area contributed by atoms with Crippen LogP contribution in [0.2, 0.25) is 0 Å². The molecule has 3 nitrogen and oxygen atoms in total. The lowest BCUT2D eigenvalue weighted by atomic mass is 10.2. The molecule has 0 amide bonds. The number of pyridine rings is 1. The van der Waals surface area contributed by atoms with Crippen LogP contribution in [0.5, 0.6) is 5.75 Å². The van der Waals surface area contributed by atoms with Gasteiger partial charge >= 0.3 is 0 Å². The van der Waals surface area contributed by atoms with Gasteiger partial charge in [0, 0.05) is 17.0 Å². The molecule has 0 spiro atoms. The van der Waals surface area contributed by atoms with Crippen LogP contribution < -0.4 is 10.3 Å². The maximum Gasteiger partial charge on any atom is 0.278 e. The van der Waals surface area contributed by atoms with E-state index in [1.54, 1.807) is 0 Å². The summed E-state index contributed by atoms with van der Waals surface area (Å²) in [6, 6.07) is 1.14. The zero-order valence-electron chi connectivity index (χ0n) is 7.31. The third-order valence-corrected chi connectivity index (χ3v) is 2.28. The molecule has 0 saturated heterocycles. The molecule has 1 aromatic heterocycles. The Labute approximate surface area is 87.2 Å². The number of rotatable bonds is 3. The van der Waals surface area contributed by atoms with E-state index >= 15 is 0 Å². The lowest BCUT2D eigenvalue weighted by Gasteiger charge is -2.10. The van der Waals surface area contributed by atoms with Crippen molar-refractivity contribution in [3.8, 4) is 5.75 Å². The highest BCUT2D eigenvalue weighted by molar-refractivity contribution is 9.08. The fourth-order valence-electron chi connectivity index (χ4n) is 1.09. The Bertz CT molecular complexity index is 378. The van der Waals surface area contributed by atoms with E-state index in [1.165, 1.54) is 7.11 Å². The van der Waals surface area contributed by atoms with Crippen molar-refractivity contribution < 1.29 is 13.5 Å². The number of aromatic nitrogens is 1. The van der Waals surface area contributed by atoms with Crippen LogP contribution in [-0.4, -0.2) is 12.1 Å². The second-order valence-electron chi connectivity index (χ2n) is 2.53. The molecule has 0 fully saturated rings. The van der Waals surface area contributed by atoms with Gasteiger partial charge in [0.1, 0.15) is 5.75 Å². The van der Waals surface area contributed by atoms with Crippen LogP contribution >= 0.6 is 15.9 Å². The minimum Gasteiger partial charge on any atom is -0.496 e. The van der Waals surface area contributed by atoms with Crippen LogP contribution in [0.15, 0.2) is 10.9 Å². The Morgan fingerprint density at radius 3 is 2.71 bits per heavy atom. The molecule has 14 heavy (non-hydrogen) atoms. The number of nitrogens with one attached hydrogen (secondary N) is 1.